The molecule has 1 amide bonds. The number of carbonyl (C=O) groups is 3. The van der Waals surface area contributed by atoms with E-state index < -0.39 is 30.0 Å². The van der Waals surface area contributed by atoms with Crippen LogP contribution in [-0.4, -0.2) is 58.8 Å². The van der Waals surface area contributed by atoms with Crippen molar-refractivity contribution in [2.24, 2.45) is 0 Å². The number of carboxylic acids is 1. The number of rotatable bonds is 7. The summed E-state index contributed by atoms with van der Waals surface area (Å²) in [6.45, 7) is 3.19. The van der Waals surface area contributed by atoms with E-state index in [9.17, 15) is 14.4 Å². The zero-order chi connectivity index (χ0) is 20.4. The summed E-state index contributed by atoms with van der Waals surface area (Å²) in [6.07, 6.45) is -0.144. The molecule has 27 heavy (non-hydrogen) atoms. The van der Waals surface area contributed by atoms with Crippen molar-refractivity contribution in [1.82, 2.24) is 9.96 Å². The molecule has 0 radical (unpaired) electrons. The molecule has 9 heteroatoms. The van der Waals surface area contributed by atoms with E-state index in [0.29, 0.717) is 17.9 Å². The number of aliphatic carboxylic acids is 1. The molecule has 1 rings (SSSR count). The fourth-order valence-corrected chi connectivity index (χ4v) is 1.95. The largest absolute Gasteiger partial charge is 0.480 e. The summed E-state index contributed by atoms with van der Waals surface area (Å²) < 4.78 is 4.92. The van der Waals surface area contributed by atoms with Gasteiger partial charge in [-0.1, -0.05) is 42.3 Å². The predicted molar refractivity (Wildman–Crippen MR) is 96.9 cm³/mol. The minimum Gasteiger partial charge on any atom is -0.480 e. The number of nitrogens with zero attached hydrogens (tertiary/aromatic N) is 2. The second kappa shape index (κ2) is 10.8. The molecule has 2 N–H and O–H groups in total. The van der Waals surface area contributed by atoms with Gasteiger partial charge in [0.1, 0.15) is 6.04 Å². The number of ether oxygens (including phenoxy) is 1. The van der Waals surface area contributed by atoms with Gasteiger partial charge in [0.05, 0.1) is 13.0 Å². The molecule has 0 aliphatic heterocycles. The Morgan fingerprint density at radius 1 is 1.22 bits per heavy atom. The lowest BCUT2D eigenvalue weighted by molar-refractivity contribution is -0.169. The maximum atomic E-state index is 12.2. The molecule has 0 heterocycles. The number of benzene rings is 1. The van der Waals surface area contributed by atoms with Crippen molar-refractivity contribution in [3.8, 4) is 0 Å². The van der Waals surface area contributed by atoms with Gasteiger partial charge in [-0.05, 0) is 25.3 Å². The van der Waals surface area contributed by atoms with Crippen LogP contribution in [0.4, 0.5) is 4.79 Å². The lowest BCUT2D eigenvalue weighted by Crippen LogP contribution is -2.51. The summed E-state index contributed by atoms with van der Waals surface area (Å²) in [7, 11) is 1.30. The van der Waals surface area contributed by atoms with E-state index in [-0.39, 0.29) is 13.0 Å². The number of hydrogen-bond donors (Lipinski definition) is 2. The number of hydroxylamine groups is 2. The summed E-state index contributed by atoms with van der Waals surface area (Å²) in [5.41, 5.74) is 0.918. The van der Waals surface area contributed by atoms with E-state index >= 15 is 0 Å². The fraction of sp³-hybridized carbons (Fsp3) is 0.444. The average molecular weight is 379 g/mol. The van der Waals surface area contributed by atoms with Gasteiger partial charge in [0.15, 0.2) is 0 Å². The molecule has 1 atom stereocenters. The maximum absolute atomic E-state index is 12.2. The molecule has 0 bridgehead atoms. The van der Waals surface area contributed by atoms with Crippen LogP contribution in [0.5, 0.6) is 0 Å². The molecule has 1 aromatic rings. The third-order valence-corrected chi connectivity index (χ3v) is 3.71. The van der Waals surface area contributed by atoms with Gasteiger partial charge in [-0.2, -0.15) is 0 Å². The number of amides is 1. The van der Waals surface area contributed by atoms with Gasteiger partial charge in [0.2, 0.25) is 5.96 Å². The average Bonchev–Trinajstić information content (AvgIpc) is 2.67. The van der Waals surface area contributed by atoms with Crippen LogP contribution in [0.1, 0.15) is 32.3 Å². The van der Waals surface area contributed by atoms with Crippen LogP contribution in [0.25, 0.3) is 0 Å². The fourth-order valence-electron chi connectivity index (χ4n) is 1.95. The molecular weight excluding hydrogens is 354 g/mol. The van der Waals surface area contributed by atoms with Crippen molar-refractivity contribution in [1.29, 1.82) is 5.41 Å². The molecule has 0 fully saturated rings. The highest BCUT2D eigenvalue weighted by molar-refractivity contribution is 5.94. The lowest BCUT2D eigenvalue weighted by atomic mass is 10.1. The Bertz CT molecular complexity index is 664. The van der Waals surface area contributed by atoms with E-state index in [2.05, 4.69) is 0 Å². The highest BCUT2D eigenvalue weighted by Gasteiger charge is 2.31. The Kier molecular flexibility index (Phi) is 8.77. The SMILES string of the molecule is CCCOC(=O)N(OC(=O)CCc1ccccc1)C(=N)N(C)C(C)C(=O)O. The van der Waals surface area contributed by atoms with Crippen LogP contribution < -0.4 is 0 Å². The number of carbonyl (C=O) groups excluding carboxylic acids is 2. The van der Waals surface area contributed by atoms with Crippen molar-refractivity contribution in [3.05, 3.63) is 35.9 Å². The molecule has 0 aliphatic carbocycles. The molecule has 0 aromatic heterocycles. The number of nitrogens with one attached hydrogen (secondary N) is 1. The third-order valence-electron chi connectivity index (χ3n) is 3.71. The van der Waals surface area contributed by atoms with E-state index in [1.807, 2.05) is 30.3 Å². The van der Waals surface area contributed by atoms with Gasteiger partial charge in [0.25, 0.3) is 0 Å². The molecule has 148 valence electrons. The van der Waals surface area contributed by atoms with Crippen LogP contribution in [0.15, 0.2) is 30.3 Å². The predicted octanol–water partition coefficient (Wildman–Crippen LogP) is 2.27. The number of hydrogen-bond acceptors (Lipinski definition) is 6. The Hall–Kier alpha value is -3.10. The maximum Gasteiger partial charge on any atom is 0.451 e. The van der Waals surface area contributed by atoms with Crippen molar-refractivity contribution in [2.45, 2.75) is 39.2 Å². The van der Waals surface area contributed by atoms with Gasteiger partial charge in [0, 0.05) is 7.05 Å². The molecule has 9 nitrogen and oxygen atoms in total. The van der Waals surface area contributed by atoms with Crippen LogP contribution in [0, 0.1) is 5.41 Å². The second-order valence-electron chi connectivity index (χ2n) is 5.81. The first-order chi connectivity index (χ1) is 12.8. The van der Waals surface area contributed by atoms with Gasteiger partial charge < -0.3 is 19.6 Å². The first kappa shape index (κ1) is 21.9. The van der Waals surface area contributed by atoms with E-state index in [1.54, 1.807) is 6.92 Å². The smallest absolute Gasteiger partial charge is 0.451 e. The van der Waals surface area contributed by atoms with Crippen molar-refractivity contribution in [2.75, 3.05) is 13.7 Å². The Labute approximate surface area is 157 Å². The molecular formula is C18H25N3O6. The molecule has 1 aromatic carbocycles. The van der Waals surface area contributed by atoms with E-state index in [1.165, 1.54) is 14.0 Å². The summed E-state index contributed by atoms with van der Waals surface area (Å²) in [4.78, 5) is 41.4. The highest BCUT2D eigenvalue weighted by Crippen LogP contribution is 2.09. The second-order valence-corrected chi connectivity index (χ2v) is 5.81. The standard InChI is InChI=1S/C18H25N3O6/c1-4-12-26-18(25)21(17(19)20(3)13(2)16(23)24)27-15(22)11-10-14-8-6-5-7-9-14/h5-9,13,19H,4,10-12H2,1-3H3,(H,23,24). The van der Waals surface area contributed by atoms with Gasteiger partial charge in [-0.15, -0.1) is 0 Å². The minimum absolute atomic E-state index is 0.0208. The van der Waals surface area contributed by atoms with Crippen LogP contribution in [0.3, 0.4) is 0 Å². The van der Waals surface area contributed by atoms with Gasteiger partial charge >= 0.3 is 18.0 Å². The first-order valence-electron chi connectivity index (χ1n) is 8.53. The minimum atomic E-state index is -1.19. The molecule has 0 aliphatic rings. The summed E-state index contributed by atoms with van der Waals surface area (Å²) in [6, 6.07) is 8.13. The zero-order valence-corrected chi connectivity index (χ0v) is 15.7. The number of aryl methyl sites for hydroxylation is 1. The number of guanidine groups is 1. The quantitative estimate of drug-likeness (QED) is 0.423. The highest BCUT2D eigenvalue weighted by atomic mass is 16.8. The zero-order valence-electron chi connectivity index (χ0n) is 15.7. The van der Waals surface area contributed by atoms with Crippen molar-refractivity contribution >= 4 is 24.0 Å². The molecule has 0 saturated carbocycles. The molecule has 0 saturated heterocycles. The monoisotopic (exact) mass is 379 g/mol. The Morgan fingerprint density at radius 2 is 1.85 bits per heavy atom. The lowest BCUT2D eigenvalue weighted by Gasteiger charge is -2.29. The van der Waals surface area contributed by atoms with E-state index in [4.69, 9.17) is 20.1 Å². The molecule has 1 unspecified atom stereocenters. The Morgan fingerprint density at radius 3 is 2.41 bits per heavy atom. The van der Waals surface area contributed by atoms with Crippen LogP contribution >= 0.6 is 0 Å². The van der Waals surface area contributed by atoms with E-state index in [0.717, 1.165) is 10.5 Å². The van der Waals surface area contributed by atoms with Gasteiger partial charge in [-0.3, -0.25) is 5.41 Å². The van der Waals surface area contributed by atoms with Crippen molar-refractivity contribution < 1.29 is 29.1 Å². The summed E-state index contributed by atoms with van der Waals surface area (Å²) in [5.74, 6) is -2.55. The van der Waals surface area contributed by atoms with Gasteiger partial charge in [-0.25, -0.2) is 14.4 Å². The number of carboxylic acid groups (broad SMARTS) is 1. The normalized spacial score (nSPS) is 11.2. The topological polar surface area (TPSA) is 120 Å². The summed E-state index contributed by atoms with van der Waals surface area (Å²) in [5, 5.41) is 17.5. The number of likely N-dealkylation sites (N-methyl/N-ethyl adjacent to an activating group) is 1. The Balaban J connectivity index is 2.81. The first-order valence-corrected chi connectivity index (χ1v) is 8.53. The van der Waals surface area contributed by atoms with Crippen molar-refractivity contribution in [3.63, 3.8) is 0 Å². The summed E-state index contributed by atoms with van der Waals surface area (Å²) >= 11 is 0. The van der Waals surface area contributed by atoms with Crippen LogP contribution in [0.2, 0.25) is 0 Å². The molecule has 0 spiro atoms. The third kappa shape index (κ3) is 6.96. The van der Waals surface area contributed by atoms with Crippen LogP contribution in [-0.2, 0) is 25.6 Å².